The van der Waals surface area contributed by atoms with Gasteiger partial charge >= 0.3 is 0 Å². The van der Waals surface area contributed by atoms with E-state index < -0.39 is 0 Å². The van der Waals surface area contributed by atoms with Crippen molar-refractivity contribution < 1.29 is 4.79 Å². The fourth-order valence-electron chi connectivity index (χ4n) is 2.31. The third kappa shape index (κ3) is 3.53. The first-order valence-electron chi connectivity index (χ1n) is 6.18. The van der Waals surface area contributed by atoms with E-state index in [9.17, 15) is 4.79 Å². The number of ketones is 1. The number of carbonyl (C=O) groups excluding carboxylic acids is 1. The zero-order valence-electron chi connectivity index (χ0n) is 10.1. The summed E-state index contributed by atoms with van der Waals surface area (Å²) in [6, 6.07) is 10.4. The van der Waals surface area contributed by atoms with Gasteiger partial charge in [-0.05, 0) is 11.5 Å². The Balaban J connectivity index is 2.00. The number of nitrogens with zero attached hydrogens (tertiary/aromatic N) is 1. The Morgan fingerprint density at radius 2 is 2.12 bits per heavy atom. The van der Waals surface area contributed by atoms with Crippen molar-refractivity contribution in [2.75, 3.05) is 13.1 Å². The van der Waals surface area contributed by atoms with Gasteiger partial charge in [0.15, 0.2) is 0 Å². The predicted octanol–water partition coefficient (Wildman–Crippen LogP) is 2.65. The number of benzene rings is 1. The summed E-state index contributed by atoms with van der Waals surface area (Å²) in [4.78, 5) is 13.9. The monoisotopic (exact) mass is 229 g/mol. The highest BCUT2D eigenvalue weighted by Crippen LogP contribution is 2.16. The van der Waals surface area contributed by atoms with Crippen LogP contribution in [-0.4, -0.2) is 23.8 Å². The SMILES string of the molecule is C=C[C@H]1CC(=O)CCN(Cc2ccccc2)C1. The van der Waals surface area contributed by atoms with Gasteiger partial charge in [0.1, 0.15) is 5.78 Å². The fraction of sp³-hybridized carbons (Fsp3) is 0.400. The zero-order valence-corrected chi connectivity index (χ0v) is 10.1. The van der Waals surface area contributed by atoms with Gasteiger partial charge in [-0.15, -0.1) is 6.58 Å². The standard InChI is InChI=1S/C15H19NO/c1-2-13-10-15(17)8-9-16(11-13)12-14-6-4-3-5-7-14/h2-7,13H,1,8-12H2/t13-/m0/s1. The van der Waals surface area contributed by atoms with E-state index in [2.05, 4.69) is 35.7 Å². The second-order valence-corrected chi connectivity index (χ2v) is 4.71. The first-order chi connectivity index (χ1) is 8.28. The molecule has 1 atom stereocenters. The molecule has 0 amide bonds. The van der Waals surface area contributed by atoms with Crippen molar-refractivity contribution in [3.05, 3.63) is 48.6 Å². The molecular formula is C15H19NO. The molecule has 1 heterocycles. The van der Waals surface area contributed by atoms with Crippen LogP contribution in [-0.2, 0) is 11.3 Å². The van der Waals surface area contributed by atoms with Gasteiger partial charge in [-0.25, -0.2) is 0 Å². The molecule has 1 fully saturated rings. The first-order valence-corrected chi connectivity index (χ1v) is 6.18. The van der Waals surface area contributed by atoms with E-state index in [1.807, 2.05) is 12.1 Å². The van der Waals surface area contributed by atoms with Gasteiger partial charge < -0.3 is 0 Å². The van der Waals surface area contributed by atoms with E-state index in [4.69, 9.17) is 0 Å². The van der Waals surface area contributed by atoms with Gasteiger partial charge in [0.2, 0.25) is 0 Å². The second kappa shape index (κ2) is 5.78. The minimum absolute atomic E-state index is 0.314. The van der Waals surface area contributed by atoms with Crippen LogP contribution in [0.2, 0.25) is 0 Å². The van der Waals surface area contributed by atoms with E-state index in [0.29, 0.717) is 24.5 Å². The normalized spacial score (nSPS) is 22.1. The fourth-order valence-corrected chi connectivity index (χ4v) is 2.31. The topological polar surface area (TPSA) is 20.3 Å². The van der Waals surface area contributed by atoms with Crippen LogP contribution in [0.15, 0.2) is 43.0 Å². The molecule has 1 aromatic rings. The van der Waals surface area contributed by atoms with Crippen LogP contribution in [0, 0.1) is 5.92 Å². The molecule has 0 saturated carbocycles. The summed E-state index contributed by atoms with van der Waals surface area (Å²) in [5, 5.41) is 0. The highest BCUT2D eigenvalue weighted by atomic mass is 16.1. The summed E-state index contributed by atoms with van der Waals surface area (Å²) in [7, 11) is 0. The Labute approximate surface area is 103 Å². The quantitative estimate of drug-likeness (QED) is 0.743. The van der Waals surface area contributed by atoms with Gasteiger partial charge in [-0.1, -0.05) is 36.4 Å². The highest BCUT2D eigenvalue weighted by molar-refractivity contribution is 5.79. The molecule has 2 heteroatoms. The molecule has 2 rings (SSSR count). The molecule has 1 aliphatic rings. The molecule has 0 bridgehead atoms. The summed E-state index contributed by atoms with van der Waals surface area (Å²) in [5.74, 6) is 0.680. The zero-order chi connectivity index (χ0) is 12.1. The highest BCUT2D eigenvalue weighted by Gasteiger charge is 2.20. The van der Waals surface area contributed by atoms with E-state index in [-0.39, 0.29) is 0 Å². The lowest BCUT2D eigenvalue weighted by Crippen LogP contribution is -2.27. The van der Waals surface area contributed by atoms with E-state index in [1.165, 1.54) is 5.56 Å². The molecular weight excluding hydrogens is 210 g/mol. The van der Waals surface area contributed by atoms with E-state index in [1.54, 1.807) is 0 Å². The van der Waals surface area contributed by atoms with Gasteiger partial charge in [-0.3, -0.25) is 9.69 Å². The number of Topliss-reactive ketones (excluding diaryl/α,β-unsaturated/α-hetero) is 1. The predicted molar refractivity (Wildman–Crippen MR) is 69.6 cm³/mol. The van der Waals surface area contributed by atoms with Crippen molar-refractivity contribution in [3.8, 4) is 0 Å². The number of hydrogen-bond acceptors (Lipinski definition) is 2. The minimum atomic E-state index is 0.314. The lowest BCUT2D eigenvalue weighted by molar-refractivity contribution is -0.119. The lowest BCUT2D eigenvalue weighted by atomic mass is 10.0. The van der Waals surface area contributed by atoms with Gasteiger partial charge in [0.25, 0.3) is 0 Å². The van der Waals surface area contributed by atoms with Crippen molar-refractivity contribution in [2.45, 2.75) is 19.4 Å². The third-order valence-corrected chi connectivity index (χ3v) is 3.27. The molecule has 17 heavy (non-hydrogen) atoms. The molecule has 2 nitrogen and oxygen atoms in total. The van der Waals surface area contributed by atoms with Crippen molar-refractivity contribution in [2.24, 2.45) is 5.92 Å². The second-order valence-electron chi connectivity index (χ2n) is 4.71. The van der Waals surface area contributed by atoms with Crippen molar-refractivity contribution >= 4 is 5.78 Å². The lowest BCUT2D eigenvalue weighted by Gasteiger charge is -2.22. The summed E-state index contributed by atoms with van der Waals surface area (Å²) < 4.78 is 0. The largest absolute Gasteiger partial charge is 0.300 e. The molecule has 90 valence electrons. The molecule has 0 unspecified atom stereocenters. The van der Waals surface area contributed by atoms with Gasteiger partial charge in [0, 0.05) is 32.5 Å². The summed E-state index contributed by atoms with van der Waals surface area (Å²) in [6.07, 6.45) is 3.26. The van der Waals surface area contributed by atoms with Gasteiger partial charge in [0.05, 0.1) is 0 Å². The van der Waals surface area contributed by atoms with Crippen molar-refractivity contribution in [3.63, 3.8) is 0 Å². The first kappa shape index (κ1) is 12.1. The van der Waals surface area contributed by atoms with Crippen LogP contribution >= 0.6 is 0 Å². The summed E-state index contributed by atoms with van der Waals surface area (Å²) in [5.41, 5.74) is 1.31. The van der Waals surface area contributed by atoms with Crippen LogP contribution in [0.25, 0.3) is 0 Å². The number of likely N-dealkylation sites (tertiary alicyclic amines) is 1. The molecule has 0 spiro atoms. The molecule has 0 radical (unpaired) electrons. The van der Waals surface area contributed by atoms with Crippen LogP contribution in [0.4, 0.5) is 0 Å². The summed E-state index contributed by atoms with van der Waals surface area (Å²) in [6.45, 7) is 6.57. The van der Waals surface area contributed by atoms with Gasteiger partial charge in [-0.2, -0.15) is 0 Å². The number of carbonyl (C=O) groups is 1. The minimum Gasteiger partial charge on any atom is -0.300 e. The third-order valence-electron chi connectivity index (χ3n) is 3.27. The Kier molecular flexibility index (Phi) is 4.10. The maximum Gasteiger partial charge on any atom is 0.134 e. The van der Waals surface area contributed by atoms with Crippen LogP contribution in [0.5, 0.6) is 0 Å². The average Bonchev–Trinajstić information content (AvgIpc) is 2.53. The Bertz CT molecular complexity index is 385. The van der Waals surface area contributed by atoms with E-state index >= 15 is 0 Å². The Morgan fingerprint density at radius 1 is 1.35 bits per heavy atom. The molecule has 0 aromatic heterocycles. The maximum atomic E-state index is 11.6. The average molecular weight is 229 g/mol. The van der Waals surface area contributed by atoms with Crippen LogP contribution in [0.1, 0.15) is 18.4 Å². The number of rotatable bonds is 3. The maximum absolute atomic E-state index is 11.6. The van der Waals surface area contributed by atoms with Crippen LogP contribution < -0.4 is 0 Å². The number of hydrogen-bond donors (Lipinski definition) is 0. The molecule has 0 aliphatic carbocycles. The molecule has 0 N–H and O–H groups in total. The Morgan fingerprint density at radius 3 is 2.82 bits per heavy atom. The van der Waals surface area contributed by atoms with E-state index in [0.717, 1.165) is 19.6 Å². The molecule has 1 aromatic carbocycles. The Hall–Kier alpha value is -1.41. The van der Waals surface area contributed by atoms with Crippen LogP contribution in [0.3, 0.4) is 0 Å². The van der Waals surface area contributed by atoms with Crippen molar-refractivity contribution in [1.29, 1.82) is 0 Å². The molecule has 1 aliphatic heterocycles. The summed E-state index contributed by atoms with van der Waals surface area (Å²) >= 11 is 0. The molecule has 1 saturated heterocycles. The van der Waals surface area contributed by atoms with Crippen molar-refractivity contribution in [1.82, 2.24) is 4.90 Å². The smallest absolute Gasteiger partial charge is 0.134 e.